The number of halogens is 1. The fourth-order valence-electron chi connectivity index (χ4n) is 4.58. The SMILES string of the molecule is O=C(N1CC(c2nc(-c3ccccc3)no2)C1)C1(c2ccc(Cl)cc2)CCCC1. The van der Waals surface area contributed by atoms with Crippen LogP contribution in [0.25, 0.3) is 11.4 Å². The lowest BCUT2D eigenvalue weighted by Gasteiger charge is -2.43. The Morgan fingerprint density at radius 3 is 2.41 bits per heavy atom. The molecule has 1 aliphatic heterocycles. The molecule has 5 rings (SSSR count). The van der Waals surface area contributed by atoms with Crippen LogP contribution in [0.3, 0.4) is 0 Å². The summed E-state index contributed by atoms with van der Waals surface area (Å²) in [5.74, 6) is 1.53. The van der Waals surface area contributed by atoms with Crippen LogP contribution in [0.4, 0.5) is 0 Å². The van der Waals surface area contributed by atoms with Crippen molar-refractivity contribution < 1.29 is 9.32 Å². The lowest BCUT2D eigenvalue weighted by Crippen LogP contribution is -2.55. The Morgan fingerprint density at radius 1 is 1.03 bits per heavy atom. The van der Waals surface area contributed by atoms with Gasteiger partial charge in [-0.2, -0.15) is 4.98 Å². The number of carbonyl (C=O) groups excluding carboxylic acids is 1. The molecule has 2 heterocycles. The fraction of sp³-hybridized carbons (Fsp3) is 0.348. The lowest BCUT2D eigenvalue weighted by molar-refractivity contribution is -0.142. The molecule has 0 atom stereocenters. The summed E-state index contributed by atoms with van der Waals surface area (Å²) in [6.07, 6.45) is 3.95. The molecule has 2 aliphatic rings. The first-order valence-corrected chi connectivity index (χ1v) is 10.5. The number of carbonyl (C=O) groups is 1. The zero-order valence-electron chi connectivity index (χ0n) is 16.1. The maximum Gasteiger partial charge on any atom is 0.233 e. The van der Waals surface area contributed by atoms with Gasteiger partial charge >= 0.3 is 0 Å². The maximum absolute atomic E-state index is 13.5. The standard InChI is InChI=1S/C23H22ClN3O2/c24-19-10-8-18(9-11-19)23(12-4-5-13-23)22(28)27-14-17(15-27)21-25-20(26-29-21)16-6-2-1-3-7-16/h1-3,6-11,17H,4-5,12-15H2. The van der Waals surface area contributed by atoms with Crippen LogP contribution in [0.1, 0.15) is 43.1 Å². The second-order valence-corrected chi connectivity index (χ2v) is 8.46. The third-order valence-electron chi connectivity index (χ3n) is 6.26. The molecule has 1 aliphatic carbocycles. The van der Waals surface area contributed by atoms with Gasteiger partial charge in [0, 0.05) is 23.7 Å². The Labute approximate surface area is 174 Å². The Morgan fingerprint density at radius 2 is 1.72 bits per heavy atom. The van der Waals surface area contributed by atoms with E-state index in [4.69, 9.17) is 16.1 Å². The lowest BCUT2D eigenvalue weighted by atomic mass is 9.76. The van der Waals surface area contributed by atoms with Crippen molar-refractivity contribution in [1.29, 1.82) is 0 Å². The molecule has 29 heavy (non-hydrogen) atoms. The number of nitrogens with zero attached hydrogens (tertiary/aromatic N) is 3. The molecule has 1 saturated carbocycles. The number of benzene rings is 2. The first-order valence-electron chi connectivity index (χ1n) is 10.1. The Bertz CT molecular complexity index is 1000. The molecular weight excluding hydrogens is 386 g/mol. The van der Waals surface area contributed by atoms with Crippen LogP contribution in [-0.2, 0) is 10.2 Å². The van der Waals surface area contributed by atoms with E-state index in [0.717, 1.165) is 36.8 Å². The zero-order valence-corrected chi connectivity index (χ0v) is 16.8. The molecule has 6 heteroatoms. The average Bonchev–Trinajstić information content (AvgIpc) is 3.39. The van der Waals surface area contributed by atoms with Gasteiger partial charge in [0.2, 0.25) is 17.6 Å². The third-order valence-corrected chi connectivity index (χ3v) is 6.51. The average molecular weight is 408 g/mol. The number of hydrogen-bond donors (Lipinski definition) is 0. The molecule has 0 N–H and O–H groups in total. The summed E-state index contributed by atoms with van der Waals surface area (Å²) in [5, 5.41) is 4.80. The predicted molar refractivity (Wildman–Crippen MR) is 111 cm³/mol. The minimum atomic E-state index is -0.417. The quantitative estimate of drug-likeness (QED) is 0.621. The van der Waals surface area contributed by atoms with Gasteiger partial charge in [0.25, 0.3) is 0 Å². The number of likely N-dealkylation sites (tertiary alicyclic amines) is 1. The van der Waals surface area contributed by atoms with E-state index in [2.05, 4.69) is 10.1 Å². The van der Waals surface area contributed by atoms with Gasteiger partial charge in [0.05, 0.1) is 11.3 Å². The van der Waals surface area contributed by atoms with Crippen molar-refractivity contribution in [2.24, 2.45) is 0 Å². The van der Waals surface area contributed by atoms with Crippen molar-refractivity contribution in [2.75, 3.05) is 13.1 Å². The maximum atomic E-state index is 13.5. The minimum Gasteiger partial charge on any atom is -0.340 e. The van der Waals surface area contributed by atoms with Gasteiger partial charge < -0.3 is 9.42 Å². The summed E-state index contributed by atoms with van der Waals surface area (Å²) >= 11 is 6.06. The summed E-state index contributed by atoms with van der Waals surface area (Å²) in [7, 11) is 0. The topological polar surface area (TPSA) is 59.2 Å². The van der Waals surface area contributed by atoms with Crippen LogP contribution in [-0.4, -0.2) is 34.0 Å². The predicted octanol–water partition coefficient (Wildman–Crippen LogP) is 4.83. The third kappa shape index (κ3) is 3.23. The molecule has 0 bridgehead atoms. The highest BCUT2D eigenvalue weighted by Crippen LogP contribution is 2.44. The van der Waals surface area contributed by atoms with E-state index in [1.807, 2.05) is 59.5 Å². The smallest absolute Gasteiger partial charge is 0.233 e. The second-order valence-electron chi connectivity index (χ2n) is 8.03. The molecular formula is C23H22ClN3O2. The molecule has 148 valence electrons. The van der Waals surface area contributed by atoms with Crippen LogP contribution in [0.5, 0.6) is 0 Å². The second kappa shape index (κ2) is 7.30. The van der Waals surface area contributed by atoms with Crippen LogP contribution in [0.15, 0.2) is 59.1 Å². The van der Waals surface area contributed by atoms with Gasteiger partial charge in [-0.15, -0.1) is 0 Å². The highest BCUT2D eigenvalue weighted by atomic mass is 35.5. The summed E-state index contributed by atoms with van der Waals surface area (Å²) in [6, 6.07) is 17.6. The number of aromatic nitrogens is 2. The van der Waals surface area contributed by atoms with E-state index in [1.54, 1.807) is 0 Å². The van der Waals surface area contributed by atoms with Gasteiger partial charge in [0.1, 0.15) is 0 Å². The van der Waals surface area contributed by atoms with Gasteiger partial charge in [-0.3, -0.25) is 4.79 Å². The molecule has 0 radical (unpaired) electrons. The largest absolute Gasteiger partial charge is 0.340 e. The first kappa shape index (κ1) is 18.4. The molecule has 0 unspecified atom stereocenters. The highest BCUT2D eigenvalue weighted by Gasteiger charge is 2.48. The van der Waals surface area contributed by atoms with Gasteiger partial charge in [-0.25, -0.2) is 0 Å². The fourth-order valence-corrected chi connectivity index (χ4v) is 4.71. The highest BCUT2D eigenvalue weighted by molar-refractivity contribution is 6.30. The van der Waals surface area contributed by atoms with E-state index < -0.39 is 5.41 Å². The van der Waals surface area contributed by atoms with E-state index in [0.29, 0.717) is 29.8 Å². The number of amides is 1. The van der Waals surface area contributed by atoms with Crippen LogP contribution in [0.2, 0.25) is 5.02 Å². The minimum absolute atomic E-state index is 0.104. The van der Waals surface area contributed by atoms with E-state index in [-0.39, 0.29) is 11.8 Å². The molecule has 3 aromatic rings. The van der Waals surface area contributed by atoms with Crippen molar-refractivity contribution in [3.63, 3.8) is 0 Å². The first-order chi connectivity index (χ1) is 14.2. The Hall–Kier alpha value is -2.66. The van der Waals surface area contributed by atoms with Crippen molar-refractivity contribution in [3.8, 4) is 11.4 Å². The Kier molecular flexibility index (Phi) is 4.63. The van der Waals surface area contributed by atoms with Crippen molar-refractivity contribution in [3.05, 3.63) is 71.1 Å². The molecule has 1 aromatic heterocycles. The van der Waals surface area contributed by atoms with E-state index in [9.17, 15) is 4.79 Å². The summed E-state index contributed by atoms with van der Waals surface area (Å²) in [5.41, 5.74) is 1.60. The number of rotatable bonds is 4. The molecule has 0 spiro atoms. The van der Waals surface area contributed by atoms with Gasteiger partial charge in [0.15, 0.2) is 0 Å². The zero-order chi connectivity index (χ0) is 19.8. The van der Waals surface area contributed by atoms with Crippen molar-refractivity contribution >= 4 is 17.5 Å². The molecule has 2 aromatic carbocycles. The van der Waals surface area contributed by atoms with E-state index in [1.165, 1.54) is 0 Å². The molecule has 2 fully saturated rings. The summed E-state index contributed by atoms with van der Waals surface area (Å²) in [4.78, 5) is 20.0. The van der Waals surface area contributed by atoms with Crippen molar-refractivity contribution in [1.82, 2.24) is 15.0 Å². The van der Waals surface area contributed by atoms with Gasteiger partial charge in [-0.05, 0) is 30.5 Å². The molecule has 1 saturated heterocycles. The molecule has 5 nitrogen and oxygen atoms in total. The monoisotopic (exact) mass is 407 g/mol. The van der Waals surface area contributed by atoms with E-state index >= 15 is 0 Å². The summed E-state index contributed by atoms with van der Waals surface area (Å²) < 4.78 is 5.49. The van der Waals surface area contributed by atoms with Crippen LogP contribution >= 0.6 is 11.6 Å². The number of hydrogen-bond acceptors (Lipinski definition) is 4. The Balaban J connectivity index is 1.30. The van der Waals surface area contributed by atoms with Gasteiger partial charge in [-0.1, -0.05) is 72.1 Å². The van der Waals surface area contributed by atoms with Crippen LogP contribution < -0.4 is 0 Å². The van der Waals surface area contributed by atoms with Crippen molar-refractivity contribution in [2.45, 2.75) is 37.0 Å². The van der Waals surface area contributed by atoms with Crippen LogP contribution in [0, 0.1) is 0 Å². The normalized spacial score (nSPS) is 18.6. The molecule has 1 amide bonds. The summed E-state index contributed by atoms with van der Waals surface area (Å²) in [6.45, 7) is 1.26.